The predicted octanol–water partition coefficient (Wildman–Crippen LogP) is 2.52. The molecule has 0 aromatic heterocycles. The van der Waals surface area contributed by atoms with Gasteiger partial charge in [-0.15, -0.1) is 0 Å². The van der Waals surface area contributed by atoms with E-state index in [0.717, 1.165) is 35.4 Å². The van der Waals surface area contributed by atoms with E-state index < -0.39 is 22.9 Å². The molecule has 6 nitrogen and oxygen atoms in total. The highest BCUT2D eigenvalue weighted by Crippen LogP contribution is 2.54. The second kappa shape index (κ2) is 6.84. The first-order valence-electron chi connectivity index (χ1n) is 10.3. The number of amides is 3. The summed E-state index contributed by atoms with van der Waals surface area (Å²) >= 11 is 1.70. The molecular formula is C22H29N3O3S. The van der Waals surface area contributed by atoms with Crippen molar-refractivity contribution in [2.75, 3.05) is 17.3 Å². The maximum absolute atomic E-state index is 13.6. The summed E-state index contributed by atoms with van der Waals surface area (Å²) in [7, 11) is 0. The maximum atomic E-state index is 13.6. The van der Waals surface area contributed by atoms with Crippen molar-refractivity contribution in [3.63, 3.8) is 0 Å². The summed E-state index contributed by atoms with van der Waals surface area (Å²) in [5, 5.41) is 6.54. The standard InChI is InChI=1S/C22H29N3O3S/c1-6-12-8-7-9-13-17(12)23-20(28)22(13)16-15(14(24-22)10-11-29-5)18(26)25(19(16)27)21(2,3)4/h7-9,14-16,24H,6,10-11H2,1-5H3,(H,23,28). The second-order valence-electron chi connectivity index (χ2n) is 9.17. The Morgan fingerprint density at radius 2 is 1.90 bits per heavy atom. The van der Waals surface area contributed by atoms with Crippen molar-refractivity contribution in [3.05, 3.63) is 29.3 Å². The Labute approximate surface area is 176 Å². The molecule has 2 fully saturated rings. The highest BCUT2D eigenvalue weighted by atomic mass is 32.2. The van der Waals surface area contributed by atoms with Gasteiger partial charge in [0, 0.05) is 22.8 Å². The van der Waals surface area contributed by atoms with E-state index >= 15 is 0 Å². The van der Waals surface area contributed by atoms with Gasteiger partial charge < -0.3 is 5.32 Å². The molecule has 1 aromatic rings. The first kappa shape index (κ1) is 20.4. The molecule has 0 saturated carbocycles. The number of imide groups is 1. The lowest BCUT2D eigenvalue weighted by molar-refractivity contribution is -0.147. The molecule has 2 saturated heterocycles. The number of likely N-dealkylation sites (tertiary alicyclic amines) is 1. The maximum Gasteiger partial charge on any atom is 0.250 e. The first-order chi connectivity index (χ1) is 13.7. The molecule has 3 aliphatic heterocycles. The van der Waals surface area contributed by atoms with E-state index in [9.17, 15) is 14.4 Å². The Balaban J connectivity index is 1.89. The van der Waals surface area contributed by atoms with Crippen molar-refractivity contribution in [2.24, 2.45) is 11.8 Å². The van der Waals surface area contributed by atoms with Crippen LogP contribution in [0.1, 0.15) is 45.2 Å². The number of carbonyl (C=O) groups is 3. The third-order valence-corrected chi connectivity index (χ3v) is 7.17. The average Bonchev–Trinajstić information content (AvgIpc) is 3.24. The number of rotatable bonds is 4. The highest BCUT2D eigenvalue weighted by molar-refractivity contribution is 7.98. The van der Waals surface area contributed by atoms with Gasteiger partial charge in [0.1, 0.15) is 5.54 Å². The van der Waals surface area contributed by atoms with E-state index in [1.165, 1.54) is 4.90 Å². The molecule has 0 aliphatic carbocycles. The zero-order chi connectivity index (χ0) is 21.1. The lowest BCUT2D eigenvalue weighted by Crippen LogP contribution is -2.55. The molecule has 0 bridgehead atoms. The van der Waals surface area contributed by atoms with Crippen LogP contribution in [0.5, 0.6) is 0 Å². The molecule has 7 heteroatoms. The van der Waals surface area contributed by atoms with E-state index in [2.05, 4.69) is 10.6 Å². The van der Waals surface area contributed by atoms with E-state index in [-0.39, 0.29) is 23.8 Å². The van der Waals surface area contributed by atoms with Crippen LogP contribution in [0.25, 0.3) is 0 Å². The van der Waals surface area contributed by atoms with E-state index in [1.807, 2.05) is 52.1 Å². The van der Waals surface area contributed by atoms with Crippen molar-refractivity contribution >= 4 is 35.2 Å². The normalized spacial score (nSPS) is 30.9. The Hall–Kier alpha value is -1.86. The number of benzene rings is 1. The van der Waals surface area contributed by atoms with Crippen molar-refractivity contribution < 1.29 is 14.4 Å². The van der Waals surface area contributed by atoms with Crippen LogP contribution >= 0.6 is 11.8 Å². The van der Waals surface area contributed by atoms with Gasteiger partial charge in [-0.3, -0.25) is 24.6 Å². The molecule has 0 radical (unpaired) electrons. The van der Waals surface area contributed by atoms with Gasteiger partial charge in [-0.25, -0.2) is 0 Å². The Morgan fingerprint density at radius 3 is 2.52 bits per heavy atom. The minimum Gasteiger partial charge on any atom is -0.324 e. The van der Waals surface area contributed by atoms with Gasteiger partial charge in [0.05, 0.1) is 11.8 Å². The summed E-state index contributed by atoms with van der Waals surface area (Å²) in [6.07, 6.45) is 3.54. The molecule has 29 heavy (non-hydrogen) atoms. The number of nitrogens with zero attached hydrogens (tertiary/aromatic N) is 1. The number of hydrogen-bond acceptors (Lipinski definition) is 5. The summed E-state index contributed by atoms with van der Waals surface area (Å²) in [4.78, 5) is 41.9. The van der Waals surface area contributed by atoms with E-state index in [4.69, 9.17) is 0 Å². The van der Waals surface area contributed by atoms with Crippen LogP contribution in [0.15, 0.2) is 18.2 Å². The predicted molar refractivity (Wildman–Crippen MR) is 115 cm³/mol. The number of nitrogens with one attached hydrogen (secondary N) is 2. The fourth-order valence-electron chi connectivity index (χ4n) is 5.34. The summed E-state index contributed by atoms with van der Waals surface area (Å²) in [6.45, 7) is 7.67. The van der Waals surface area contributed by atoms with Gasteiger partial charge >= 0.3 is 0 Å². The van der Waals surface area contributed by atoms with Crippen LogP contribution in [0, 0.1) is 11.8 Å². The summed E-state index contributed by atoms with van der Waals surface area (Å²) < 4.78 is 0. The second-order valence-corrected chi connectivity index (χ2v) is 10.2. The van der Waals surface area contributed by atoms with Gasteiger partial charge in [-0.2, -0.15) is 11.8 Å². The molecular weight excluding hydrogens is 386 g/mol. The molecule has 4 rings (SSSR count). The zero-order valence-corrected chi connectivity index (χ0v) is 18.5. The van der Waals surface area contributed by atoms with Gasteiger partial charge in [-0.1, -0.05) is 25.1 Å². The molecule has 3 aliphatic rings. The fraction of sp³-hybridized carbons (Fsp3) is 0.591. The van der Waals surface area contributed by atoms with Crippen molar-refractivity contribution in [1.29, 1.82) is 0 Å². The highest BCUT2D eigenvalue weighted by Gasteiger charge is 2.71. The van der Waals surface area contributed by atoms with Crippen LogP contribution < -0.4 is 10.6 Å². The van der Waals surface area contributed by atoms with Crippen LogP contribution in [0.2, 0.25) is 0 Å². The van der Waals surface area contributed by atoms with E-state index in [1.54, 1.807) is 11.8 Å². The zero-order valence-electron chi connectivity index (χ0n) is 17.7. The lowest BCUT2D eigenvalue weighted by atomic mass is 9.76. The molecule has 1 aromatic carbocycles. The number of carbonyl (C=O) groups excluding carboxylic acids is 3. The average molecular weight is 416 g/mol. The molecule has 3 amide bonds. The molecule has 156 valence electrons. The minimum absolute atomic E-state index is 0.157. The number of hydrogen-bond donors (Lipinski definition) is 2. The monoisotopic (exact) mass is 415 g/mol. The summed E-state index contributed by atoms with van der Waals surface area (Å²) in [6, 6.07) is 5.65. The van der Waals surface area contributed by atoms with Crippen molar-refractivity contribution in [2.45, 2.75) is 57.7 Å². The molecule has 3 heterocycles. The quantitative estimate of drug-likeness (QED) is 0.739. The Bertz CT molecular complexity index is 894. The van der Waals surface area contributed by atoms with Crippen LogP contribution in [0.4, 0.5) is 5.69 Å². The topological polar surface area (TPSA) is 78.5 Å². The van der Waals surface area contributed by atoms with Crippen LogP contribution in [-0.2, 0) is 26.3 Å². The van der Waals surface area contributed by atoms with E-state index in [0.29, 0.717) is 0 Å². The Morgan fingerprint density at radius 1 is 1.17 bits per heavy atom. The van der Waals surface area contributed by atoms with Gasteiger partial charge in [0.25, 0.3) is 0 Å². The largest absolute Gasteiger partial charge is 0.324 e. The minimum atomic E-state index is -1.18. The van der Waals surface area contributed by atoms with Crippen molar-refractivity contribution in [1.82, 2.24) is 10.2 Å². The van der Waals surface area contributed by atoms with Gasteiger partial charge in [0.2, 0.25) is 17.7 Å². The number of thioether (sulfide) groups is 1. The molecule has 2 N–H and O–H groups in total. The molecule has 4 atom stereocenters. The number of para-hydroxylation sites is 1. The van der Waals surface area contributed by atoms with Gasteiger partial charge in [-0.05, 0) is 51.2 Å². The summed E-state index contributed by atoms with van der Waals surface area (Å²) in [5.41, 5.74) is 0.850. The number of aryl methyl sites for hydroxylation is 1. The fourth-order valence-corrected chi connectivity index (χ4v) is 5.83. The van der Waals surface area contributed by atoms with Crippen molar-refractivity contribution in [3.8, 4) is 0 Å². The first-order valence-corrected chi connectivity index (χ1v) is 11.7. The number of fused-ring (bicyclic) bond motifs is 4. The van der Waals surface area contributed by atoms with Gasteiger partial charge in [0.15, 0.2) is 0 Å². The smallest absolute Gasteiger partial charge is 0.250 e. The van der Waals surface area contributed by atoms with Crippen LogP contribution in [0.3, 0.4) is 0 Å². The lowest BCUT2D eigenvalue weighted by Gasteiger charge is -2.34. The third kappa shape index (κ3) is 2.70. The Kier molecular flexibility index (Phi) is 4.82. The van der Waals surface area contributed by atoms with Crippen LogP contribution in [-0.4, -0.2) is 46.2 Å². The SMILES string of the molecule is CCc1cccc2c1NC(=O)C21NC(CCSC)C2C(=O)N(C(C)(C)C)C(=O)C21. The third-order valence-electron chi connectivity index (χ3n) is 6.52. The molecule has 4 unspecified atom stereocenters. The number of anilines is 1. The molecule has 1 spiro atoms. The summed E-state index contributed by atoms with van der Waals surface area (Å²) in [5.74, 6) is -0.984.